The van der Waals surface area contributed by atoms with Gasteiger partial charge in [-0.25, -0.2) is 8.78 Å². The van der Waals surface area contributed by atoms with E-state index >= 15 is 0 Å². The molecule has 0 aliphatic heterocycles. The second-order valence-corrected chi connectivity index (χ2v) is 6.09. The highest BCUT2D eigenvalue weighted by atomic mass is 32.2. The van der Waals surface area contributed by atoms with Crippen molar-refractivity contribution >= 4 is 17.7 Å². The van der Waals surface area contributed by atoms with E-state index in [0.29, 0.717) is 29.5 Å². The monoisotopic (exact) mass is 325 g/mol. The summed E-state index contributed by atoms with van der Waals surface area (Å²) in [6.45, 7) is 1.66. The Balaban J connectivity index is 1.63. The summed E-state index contributed by atoms with van der Waals surface area (Å²) in [6, 6.07) is 3.32. The first-order valence-corrected chi connectivity index (χ1v) is 7.66. The number of hydrogen-bond donors (Lipinski definition) is 1. The minimum absolute atomic E-state index is 0.0984. The topological polar surface area (TPSA) is 68.0 Å². The minimum atomic E-state index is -0.661. The summed E-state index contributed by atoms with van der Waals surface area (Å²) < 4.78 is 31.8. The van der Waals surface area contributed by atoms with Crippen LogP contribution in [0.4, 0.5) is 8.78 Å². The summed E-state index contributed by atoms with van der Waals surface area (Å²) in [6.07, 6.45) is 1.32. The fraction of sp³-hybridized carbons (Fsp3) is 0.357. The molecule has 1 heterocycles. The highest BCUT2D eigenvalue weighted by Crippen LogP contribution is 2.45. The lowest BCUT2D eigenvalue weighted by atomic mass is 10.0. The number of carbonyl (C=O) groups is 1. The van der Waals surface area contributed by atoms with Gasteiger partial charge in [0.1, 0.15) is 11.6 Å². The number of halogens is 2. The summed E-state index contributed by atoms with van der Waals surface area (Å²) in [4.78, 5) is 12.0. The molecule has 1 aliphatic carbocycles. The van der Waals surface area contributed by atoms with Crippen LogP contribution in [0.25, 0.3) is 0 Å². The van der Waals surface area contributed by atoms with Crippen molar-refractivity contribution < 1.29 is 18.0 Å². The fourth-order valence-corrected chi connectivity index (χ4v) is 2.81. The van der Waals surface area contributed by atoms with E-state index in [2.05, 4.69) is 15.5 Å². The highest BCUT2D eigenvalue weighted by Gasteiger charge is 2.46. The predicted molar refractivity (Wildman–Crippen MR) is 75.2 cm³/mol. The summed E-state index contributed by atoms with van der Waals surface area (Å²) in [5.74, 6) is -1.02. The summed E-state index contributed by atoms with van der Waals surface area (Å²) in [5, 5.41) is 10.6. The Morgan fingerprint density at radius 3 is 2.55 bits per heavy atom. The third-order valence-corrected chi connectivity index (χ3v) is 4.20. The van der Waals surface area contributed by atoms with Gasteiger partial charge in [-0.1, -0.05) is 11.8 Å². The molecule has 0 atom stereocenters. The first kappa shape index (κ1) is 15.0. The Labute approximate surface area is 129 Å². The van der Waals surface area contributed by atoms with Crippen molar-refractivity contribution in [1.82, 2.24) is 15.5 Å². The Morgan fingerprint density at radius 2 is 2.00 bits per heavy atom. The van der Waals surface area contributed by atoms with Crippen LogP contribution >= 0.6 is 11.8 Å². The molecule has 1 aromatic heterocycles. The van der Waals surface area contributed by atoms with E-state index in [-0.39, 0.29) is 11.7 Å². The van der Waals surface area contributed by atoms with E-state index in [1.807, 2.05) is 0 Å². The molecule has 116 valence electrons. The number of amides is 1. The smallest absolute Gasteiger partial charge is 0.277 e. The average Bonchev–Trinajstić information content (AvgIpc) is 3.10. The molecule has 1 fully saturated rings. The highest BCUT2D eigenvalue weighted by molar-refractivity contribution is 7.99. The first-order chi connectivity index (χ1) is 10.5. The Kier molecular flexibility index (Phi) is 3.86. The molecule has 2 aromatic rings. The molecule has 8 heteroatoms. The van der Waals surface area contributed by atoms with E-state index in [4.69, 9.17) is 4.42 Å². The Bertz CT molecular complexity index is 696. The van der Waals surface area contributed by atoms with Gasteiger partial charge in [-0.2, -0.15) is 0 Å². The molecule has 5 nitrogen and oxygen atoms in total. The second kappa shape index (κ2) is 5.68. The third kappa shape index (κ3) is 3.27. The summed E-state index contributed by atoms with van der Waals surface area (Å²) in [5.41, 5.74) is -0.206. The lowest BCUT2D eigenvalue weighted by Crippen LogP contribution is -2.36. The van der Waals surface area contributed by atoms with E-state index in [1.165, 1.54) is 12.1 Å². The van der Waals surface area contributed by atoms with Gasteiger partial charge in [0.2, 0.25) is 11.8 Å². The van der Waals surface area contributed by atoms with Gasteiger partial charge in [-0.3, -0.25) is 4.79 Å². The number of benzene rings is 1. The lowest BCUT2D eigenvalue weighted by molar-refractivity contribution is -0.119. The zero-order valence-corrected chi connectivity index (χ0v) is 12.5. The number of carbonyl (C=O) groups excluding carboxylic acids is 1. The van der Waals surface area contributed by atoms with Crippen LogP contribution in [0.15, 0.2) is 27.8 Å². The molecule has 0 unspecified atom stereocenters. The van der Waals surface area contributed by atoms with E-state index < -0.39 is 17.2 Å². The van der Waals surface area contributed by atoms with Gasteiger partial charge in [0.15, 0.2) is 0 Å². The van der Waals surface area contributed by atoms with Crippen LogP contribution in [-0.4, -0.2) is 21.9 Å². The van der Waals surface area contributed by atoms with Crippen LogP contribution in [0.3, 0.4) is 0 Å². The van der Waals surface area contributed by atoms with Gasteiger partial charge in [0.25, 0.3) is 5.22 Å². The molecule has 1 aromatic carbocycles. The van der Waals surface area contributed by atoms with Gasteiger partial charge < -0.3 is 9.73 Å². The number of aryl methyl sites for hydroxylation is 1. The number of nitrogens with zero attached hydrogens (tertiary/aromatic N) is 2. The zero-order valence-electron chi connectivity index (χ0n) is 11.7. The molecule has 1 aliphatic rings. The van der Waals surface area contributed by atoms with E-state index in [0.717, 1.165) is 17.8 Å². The molecule has 0 spiro atoms. The fourth-order valence-electron chi connectivity index (χ4n) is 2.21. The first-order valence-electron chi connectivity index (χ1n) is 6.67. The van der Waals surface area contributed by atoms with Crippen LogP contribution in [0.2, 0.25) is 0 Å². The number of aromatic nitrogens is 2. The summed E-state index contributed by atoms with van der Waals surface area (Å²) >= 11 is 1.12. The van der Waals surface area contributed by atoms with Crippen LogP contribution in [0.1, 0.15) is 24.3 Å². The number of nitrogens with one attached hydrogen (secondary N) is 1. The van der Waals surface area contributed by atoms with Crippen molar-refractivity contribution in [3.8, 4) is 0 Å². The van der Waals surface area contributed by atoms with Gasteiger partial charge in [0, 0.05) is 13.0 Å². The largest absolute Gasteiger partial charge is 0.416 e. The van der Waals surface area contributed by atoms with E-state index in [9.17, 15) is 13.6 Å². The maximum atomic E-state index is 13.3. The minimum Gasteiger partial charge on any atom is -0.416 e. The molecule has 0 radical (unpaired) electrons. The maximum Gasteiger partial charge on any atom is 0.277 e. The molecule has 22 heavy (non-hydrogen) atoms. The molecule has 0 bridgehead atoms. The standard InChI is InChI=1S/C14H13F2N3O2S/c1-8-18-19-13(21-8)22-7-12(20)17-14(2-3-14)9-4-10(15)6-11(16)5-9/h4-6H,2-3,7H2,1H3,(H,17,20). The van der Waals surface area contributed by atoms with Crippen molar-refractivity contribution in [3.05, 3.63) is 41.3 Å². The van der Waals surface area contributed by atoms with Crippen LogP contribution in [0, 0.1) is 18.6 Å². The molecule has 1 saturated carbocycles. The maximum absolute atomic E-state index is 13.3. The van der Waals surface area contributed by atoms with Gasteiger partial charge in [-0.15, -0.1) is 10.2 Å². The SMILES string of the molecule is Cc1nnc(SCC(=O)NC2(c3cc(F)cc(F)c3)CC2)o1. The summed E-state index contributed by atoms with van der Waals surface area (Å²) in [7, 11) is 0. The average molecular weight is 325 g/mol. The van der Waals surface area contributed by atoms with Crippen LogP contribution in [-0.2, 0) is 10.3 Å². The quantitative estimate of drug-likeness (QED) is 0.856. The number of hydrogen-bond acceptors (Lipinski definition) is 5. The second-order valence-electron chi connectivity index (χ2n) is 5.16. The van der Waals surface area contributed by atoms with Crippen molar-refractivity contribution in [2.24, 2.45) is 0 Å². The van der Waals surface area contributed by atoms with Crippen molar-refractivity contribution in [2.75, 3.05) is 5.75 Å². The predicted octanol–water partition coefficient (Wildman–Crippen LogP) is 2.55. The molecule has 1 amide bonds. The van der Waals surface area contributed by atoms with Crippen LogP contribution in [0.5, 0.6) is 0 Å². The number of rotatable bonds is 5. The molecule has 0 saturated heterocycles. The number of thioether (sulfide) groups is 1. The van der Waals surface area contributed by atoms with Crippen LogP contribution < -0.4 is 5.32 Å². The lowest BCUT2D eigenvalue weighted by Gasteiger charge is -2.18. The van der Waals surface area contributed by atoms with Gasteiger partial charge >= 0.3 is 0 Å². The van der Waals surface area contributed by atoms with E-state index in [1.54, 1.807) is 6.92 Å². The van der Waals surface area contributed by atoms with Gasteiger partial charge in [0.05, 0.1) is 11.3 Å². The van der Waals surface area contributed by atoms with Crippen molar-refractivity contribution in [3.63, 3.8) is 0 Å². The molecule has 1 N–H and O–H groups in total. The zero-order chi connectivity index (χ0) is 15.7. The van der Waals surface area contributed by atoms with Crippen molar-refractivity contribution in [2.45, 2.75) is 30.5 Å². The Morgan fingerprint density at radius 1 is 1.32 bits per heavy atom. The molecular formula is C14H13F2N3O2S. The normalized spacial score (nSPS) is 15.6. The van der Waals surface area contributed by atoms with Crippen molar-refractivity contribution in [1.29, 1.82) is 0 Å². The molecule has 3 rings (SSSR count). The van der Waals surface area contributed by atoms with Gasteiger partial charge in [-0.05, 0) is 30.5 Å². The Hall–Kier alpha value is -1.96. The molecular weight excluding hydrogens is 312 g/mol. The third-order valence-electron chi connectivity index (χ3n) is 3.38.